The predicted molar refractivity (Wildman–Crippen MR) is 160 cm³/mol. The summed E-state index contributed by atoms with van der Waals surface area (Å²) in [5, 5.41) is 23.2. The number of imide groups is 1. The zero-order valence-electron chi connectivity index (χ0n) is 25.5. The monoisotopic (exact) mass is 643 g/mol. The van der Waals surface area contributed by atoms with Crippen molar-refractivity contribution in [3.63, 3.8) is 0 Å². The molecule has 16 heteroatoms. The summed E-state index contributed by atoms with van der Waals surface area (Å²) >= 11 is 0. The summed E-state index contributed by atoms with van der Waals surface area (Å²) in [5.41, 5.74) is 1.23. The van der Waals surface area contributed by atoms with Crippen LogP contribution in [0.15, 0.2) is 36.5 Å². The zero-order valence-corrected chi connectivity index (χ0v) is 25.5. The van der Waals surface area contributed by atoms with Crippen LogP contribution in [0.1, 0.15) is 49.8 Å². The summed E-state index contributed by atoms with van der Waals surface area (Å²) in [5.74, 6) is -1.55. The fourth-order valence-corrected chi connectivity index (χ4v) is 4.27. The third kappa shape index (κ3) is 11.3. The molecule has 3 rings (SSSR count). The maximum atomic E-state index is 12.6. The zero-order chi connectivity index (χ0) is 33.5. The van der Waals surface area contributed by atoms with E-state index in [1.807, 2.05) is 0 Å². The number of rotatable bonds is 22. The van der Waals surface area contributed by atoms with Crippen molar-refractivity contribution in [2.45, 2.75) is 51.7 Å². The van der Waals surface area contributed by atoms with Crippen LogP contribution in [-0.4, -0.2) is 86.7 Å². The van der Waals surface area contributed by atoms with Gasteiger partial charge in [0.25, 0.3) is 11.8 Å². The number of benzene rings is 1. The molecule has 0 saturated carbocycles. The van der Waals surface area contributed by atoms with Gasteiger partial charge in [-0.1, -0.05) is 11.1 Å². The Morgan fingerprint density at radius 1 is 0.957 bits per heavy atom. The lowest BCUT2D eigenvalue weighted by molar-refractivity contribution is -0.396. The van der Waals surface area contributed by atoms with E-state index in [0.717, 1.165) is 4.90 Å². The summed E-state index contributed by atoms with van der Waals surface area (Å²) in [6.07, 6.45) is 4.57. The first-order valence-corrected chi connectivity index (χ1v) is 14.6. The Hall–Kier alpha value is -4.80. The number of carbonyl (C=O) groups excluding carboxylic acids is 5. The molecule has 2 aromatic rings. The number of aliphatic hydroxyl groups excluding tert-OH is 1. The highest BCUT2D eigenvalue weighted by molar-refractivity contribution is 6.13. The Kier molecular flexibility index (Phi) is 14.1. The molecule has 0 unspecified atom stereocenters. The molecule has 1 aromatic carbocycles. The summed E-state index contributed by atoms with van der Waals surface area (Å²) in [6.45, 7) is 0.769. The van der Waals surface area contributed by atoms with Crippen LogP contribution in [0, 0.1) is 10.1 Å². The van der Waals surface area contributed by atoms with Gasteiger partial charge in [-0.2, -0.15) is 0 Å². The van der Waals surface area contributed by atoms with Gasteiger partial charge in [0.05, 0.1) is 39.2 Å². The molecule has 0 radical (unpaired) electrons. The minimum absolute atomic E-state index is 0.00904. The molecule has 46 heavy (non-hydrogen) atoms. The molecule has 1 aliphatic heterocycles. The molecule has 3 amide bonds. The number of nitrogens with one attached hydrogen (secondary N) is 1. The number of hydrogen-bond acceptors (Lipinski definition) is 12. The Morgan fingerprint density at radius 3 is 2.33 bits per heavy atom. The first-order valence-electron chi connectivity index (χ1n) is 14.6. The summed E-state index contributed by atoms with van der Waals surface area (Å²) < 4.78 is 17.9. The molecule has 248 valence electrons. The average molecular weight is 644 g/mol. The molecule has 0 aliphatic carbocycles. The van der Waals surface area contributed by atoms with Gasteiger partial charge in [0, 0.05) is 57.4 Å². The van der Waals surface area contributed by atoms with Crippen molar-refractivity contribution >= 4 is 40.9 Å². The summed E-state index contributed by atoms with van der Waals surface area (Å²) in [4.78, 5) is 74.9. The minimum Gasteiger partial charge on any atom is -0.484 e. The van der Waals surface area contributed by atoms with Crippen molar-refractivity contribution in [1.82, 2.24) is 14.5 Å². The van der Waals surface area contributed by atoms with E-state index in [9.17, 15) is 39.2 Å². The molecule has 0 atom stereocenters. The van der Waals surface area contributed by atoms with Gasteiger partial charge in [-0.25, -0.2) is 4.57 Å². The Labute approximate surface area is 264 Å². The van der Waals surface area contributed by atoms with Crippen molar-refractivity contribution < 1.29 is 48.2 Å². The third-order valence-corrected chi connectivity index (χ3v) is 6.89. The van der Waals surface area contributed by atoms with Gasteiger partial charge in [0.2, 0.25) is 5.91 Å². The molecule has 0 fully saturated rings. The standard InChI is InChI=1S/C30H37N5O11/c1-33-22(18-31-30(33)35(42)43)20-46-26-6-4-21(19-36)17-25(26)32-27(39)7-5-24(38)11-14-45-16-15-44-13-2-3-23(37)10-12-34-28(40)8-9-29(34)41/h4,6,8-9,17-18,36H,2-3,5,7,10-16,19-20H2,1H3,(H,32,39). The number of hydrogen-bond donors (Lipinski definition) is 2. The van der Waals surface area contributed by atoms with Crippen LogP contribution in [-0.2, 0) is 53.7 Å². The van der Waals surface area contributed by atoms with Crippen LogP contribution in [0.2, 0.25) is 0 Å². The molecule has 2 N–H and O–H groups in total. The number of aliphatic hydroxyl groups is 1. The second-order valence-corrected chi connectivity index (χ2v) is 10.3. The summed E-state index contributed by atoms with van der Waals surface area (Å²) in [7, 11) is 1.49. The van der Waals surface area contributed by atoms with Gasteiger partial charge in [0.15, 0.2) is 5.69 Å². The maximum absolute atomic E-state index is 12.6. The second-order valence-electron chi connectivity index (χ2n) is 10.3. The molecule has 1 aromatic heterocycles. The van der Waals surface area contributed by atoms with Crippen LogP contribution >= 0.6 is 0 Å². The minimum atomic E-state index is -0.614. The number of ether oxygens (including phenoxy) is 3. The predicted octanol–water partition coefficient (Wildman–Crippen LogP) is 1.78. The lowest BCUT2D eigenvalue weighted by Gasteiger charge is -2.13. The van der Waals surface area contributed by atoms with Gasteiger partial charge >= 0.3 is 5.95 Å². The maximum Gasteiger partial charge on any atom is 0.434 e. The molecule has 0 bridgehead atoms. The normalized spacial score (nSPS) is 12.5. The topological polar surface area (TPSA) is 210 Å². The molecule has 16 nitrogen and oxygen atoms in total. The lowest BCUT2D eigenvalue weighted by atomic mass is 10.1. The van der Waals surface area contributed by atoms with Crippen LogP contribution in [0.4, 0.5) is 11.6 Å². The van der Waals surface area contributed by atoms with Gasteiger partial charge in [-0.05, 0) is 29.0 Å². The number of nitro groups is 1. The largest absolute Gasteiger partial charge is 0.484 e. The molecule has 1 aliphatic rings. The summed E-state index contributed by atoms with van der Waals surface area (Å²) in [6, 6.07) is 4.70. The number of anilines is 1. The van der Waals surface area contributed by atoms with E-state index < -0.39 is 22.6 Å². The van der Waals surface area contributed by atoms with E-state index in [1.165, 1.54) is 36.0 Å². The van der Waals surface area contributed by atoms with E-state index in [0.29, 0.717) is 24.3 Å². The Bertz CT molecular complexity index is 1430. The smallest absolute Gasteiger partial charge is 0.434 e. The van der Waals surface area contributed by atoms with E-state index in [2.05, 4.69) is 10.3 Å². The fraction of sp³-hybridized carbons (Fsp3) is 0.467. The van der Waals surface area contributed by atoms with Gasteiger partial charge in [-0.3, -0.25) is 28.9 Å². The van der Waals surface area contributed by atoms with Gasteiger partial charge in [0.1, 0.15) is 30.1 Å². The lowest BCUT2D eigenvalue weighted by Crippen LogP contribution is -2.32. The molecular formula is C30H37N5O11. The average Bonchev–Trinajstić information content (AvgIpc) is 3.57. The van der Waals surface area contributed by atoms with Crippen LogP contribution in [0.5, 0.6) is 5.75 Å². The number of Topliss-reactive ketones (excluding diaryl/α,β-unsaturated/α-hetero) is 2. The van der Waals surface area contributed by atoms with Gasteiger partial charge < -0.3 is 34.7 Å². The first kappa shape index (κ1) is 35.7. The second kappa shape index (κ2) is 18.2. The highest BCUT2D eigenvalue weighted by atomic mass is 16.6. The van der Waals surface area contributed by atoms with Crippen molar-refractivity contribution in [2.24, 2.45) is 7.05 Å². The molecule has 0 spiro atoms. The molecule has 0 saturated heterocycles. The van der Waals surface area contributed by atoms with Crippen molar-refractivity contribution in [3.05, 3.63) is 57.9 Å². The van der Waals surface area contributed by atoms with Crippen LogP contribution in [0.3, 0.4) is 0 Å². The van der Waals surface area contributed by atoms with Crippen LogP contribution < -0.4 is 10.1 Å². The Morgan fingerprint density at radius 2 is 1.65 bits per heavy atom. The molecule has 2 heterocycles. The first-order chi connectivity index (χ1) is 22.1. The number of carbonyl (C=O) groups is 5. The van der Waals surface area contributed by atoms with E-state index in [1.54, 1.807) is 12.1 Å². The van der Waals surface area contributed by atoms with Crippen molar-refractivity contribution in [2.75, 3.05) is 38.3 Å². The third-order valence-electron chi connectivity index (χ3n) is 6.89. The highest BCUT2D eigenvalue weighted by Crippen LogP contribution is 2.27. The molecular weight excluding hydrogens is 606 g/mol. The van der Waals surface area contributed by atoms with Crippen LogP contribution in [0.25, 0.3) is 0 Å². The quantitative estimate of drug-likeness (QED) is 0.0814. The number of nitrogens with zero attached hydrogens (tertiary/aromatic N) is 4. The SMILES string of the molecule is Cn1c(COc2ccc(CO)cc2NC(=O)CCC(=O)CCOCCOCCCC(=O)CCN2C(=O)C=CC2=O)cnc1[N+](=O)[O-]. The highest BCUT2D eigenvalue weighted by Gasteiger charge is 2.23. The Balaban J connectivity index is 1.26. The van der Waals surface area contributed by atoms with E-state index >= 15 is 0 Å². The van der Waals surface area contributed by atoms with Crippen molar-refractivity contribution in [1.29, 1.82) is 0 Å². The van der Waals surface area contributed by atoms with E-state index in [4.69, 9.17) is 14.2 Å². The number of ketones is 2. The number of imidazole rings is 1. The number of aromatic nitrogens is 2. The fourth-order valence-electron chi connectivity index (χ4n) is 4.27. The number of amides is 3. The van der Waals surface area contributed by atoms with E-state index in [-0.39, 0.29) is 101 Å². The van der Waals surface area contributed by atoms with Gasteiger partial charge in [-0.15, -0.1) is 0 Å². The van der Waals surface area contributed by atoms with Crippen molar-refractivity contribution in [3.8, 4) is 5.75 Å².